The topological polar surface area (TPSA) is 47.8 Å². The number of pyridine rings is 1. The van der Waals surface area contributed by atoms with E-state index in [1.54, 1.807) is 0 Å². The highest BCUT2D eigenvalue weighted by Crippen LogP contribution is 2.51. The quantitative estimate of drug-likeness (QED) is 0.653. The van der Waals surface area contributed by atoms with Gasteiger partial charge in [-0.1, -0.05) is 32.0 Å². The third-order valence-corrected chi connectivity index (χ3v) is 6.98. The van der Waals surface area contributed by atoms with Crippen molar-refractivity contribution >= 4 is 5.78 Å². The smallest absolute Gasteiger partial charge is 0.145 e. The minimum atomic E-state index is -0.0390. The fraction of sp³-hybridized carbons (Fsp3) is 0.375. The second kappa shape index (κ2) is 6.40. The number of hydrogen-bond acceptors (Lipinski definition) is 3. The molecule has 0 amide bonds. The molecule has 2 aliphatic carbocycles. The normalized spacial score (nSPS) is 26.6. The van der Waals surface area contributed by atoms with Gasteiger partial charge in [0, 0.05) is 47.1 Å². The second-order valence-corrected chi connectivity index (χ2v) is 8.46. The van der Waals surface area contributed by atoms with Gasteiger partial charge in [-0.25, -0.2) is 4.98 Å². The number of nitrogens with zero attached hydrogens (tertiary/aromatic N) is 3. The van der Waals surface area contributed by atoms with Crippen LogP contribution in [0.3, 0.4) is 0 Å². The van der Waals surface area contributed by atoms with E-state index in [-0.39, 0.29) is 11.3 Å². The molecule has 3 aromatic rings. The minimum Gasteiger partial charge on any atom is -0.299 e. The van der Waals surface area contributed by atoms with Gasteiger partial charge in [0.2, 0.25) is 0 Å². The van der Waals surface area contributed by atoms with Gasteiger partial charge < -0.3 is 0 Å². The van der Waals surface area contributed by atoms with E-state index in [4.69, 9.17) is 4.98 Å². The Labute approximate surface area is 165 Å². The Morgan fingerprint density at radius 1 is 1.07 bits per heavy atom. The number of carbonyl (C=O) groups excluding carboxylic acids is 1. The summed E-state index contributed by atoms with van der Waals surface area (Å²) in [5, 5.41) is 0. The van der Waals surface area contributed by atoms with Crippen molar-refractivity contribution in [2.45, 2.75) is 44.9 Å². The molecule has 0 N–H and O–H groups in total. The van der Waals surface area contributed by atoms with Crippen LogP contribution >= 0.6 is 0 Å². The molecule has 2 heterocycles. The molecule has 2 aromatic heterocycles. The minimum absolute atomic E-state index is 0.0390. The molecule has 1 aromatic carbocycles. The van der Waals surface area contributed by atoms with Crippen LogP contribution in [0.4, 0.5) is 0 Å². The average Bonchev–Trinajstić information content (AvgIpc) is 3.13. The SMILES string of the molecule is C[C@@H]1C(=O)CC[C@]2(C)c3nc(-c4ccncc4)n(-c4ccccc4)c3CC[C@@H]12. The van der Waals surface area contributed by atoms with Crippen molar-refractivity contribution in [1.82, 2.24) is 14.5 Å². The van der Waals surface area contributed by atoms with Gasteiger partial charge in [0.1, 0.15) is 11.6 Å². The highest BCUT2D eigenvalue weighted by Gasteiger charge is 2.50. The Balaban J connectivity index is 1.75. The molecule has 0 unspecified atom stereocenters. The van der Waals surface area contributed by atoms with E-state index in [1.807, 2.05) is 30.6 Å². The maximum Gasteiger partial charge on any atom is 0.145 e. The summed E-state index contributed by atoms with van der Waals surface area (Å²) in [7, 11) is 0. The number of hydrogen-bond donors (Lipinski definition) is 0. The molecule has 4 nitrogen and oxygen atoms in total. The van der Waals surface area contributed by atoms with Crippen LogP contribution in [0.2, 0.25) is 0 Å². The Hall–Kier alpha value is -2.75. The third-order valence-electron chi connectivity index (χ3n) is 6.98. The first-order chi connectivity index (χ1) is 13.6. The van der Waals surface area contributed by atoms with Crippen LogP contribution in [-0.4, -0.2) is 20.3 Å². The summed E-state index contributed by atoms with van der Waals surface area (Å²) < 4.78 is 2.33. The summed E-state index contributed by atoms with van der Waals surface area (Å²) in [6.45, 7) is 4.45. The summed E-state index contributed by atoms with van der Waals surface area (Å²) >= 11 is 0. The van der Waals surface area contributed by atoms with Crippen LogP contribution in [0.15, 0.2) is 54.9 Å². The van der Waals surface area contributed by atoms with Crippen molar-refractivity contribution in [3.8, 4) is 17.1 Å². The van der Waals surface area contributed by atoms with E-state index < -0.39 is 0 Å². The lowest BCUT2D eigenvalue weighted by molar-refractivity contribution is -0.128. The molecule has 0 aliphatic heterocycles. The van der Waals surface area contributed by atoms with Crippen molar-refractivity contribution in [3.05, 3.63) is 66.2 Å². The number of benzene rings is 1. The lowest BCUT2D eigenvalue weighted by atomic mass is 9.57. The number of rotatable bonds is 2. The zero-order chi connectivity index (χ0) is 19.3. The van der Waals surface area contributed by atoms with Crippen molar-refractivity contribution < 1.29 is 4.79 Å². The Morgan fingerprint density at radius 3 is 2.57 bits per heavy atom. The predicted molar refractivity (Wildman–Crippen MR) is 109 cm³/mol. The van der Waals surface area contributed by atoms with Crippen LogP contribution in [0.5, 0.6) is 0 Å². The van der Waals surface area contributed by atoms with Crippen molar-refractivity contribution in [2.75, 3.05) is 0 Å². The van der Waals surface area contributed by atoms with Gasteiger partial charge in [-0.2, -0.15) is 0 Å². The van der Waals surface area contributed by atoms with Crippen molar-refractivity contribution in [2.24, 2.45) is 11.8 Å². The number of Topliss-reactive ketones (excluding diaryl/α,β-unsaturated/α-hetero) is 1. The molecule has 1 saturated carbocycles. The Kier molecular flexibility index (Phi) is 3.97. The zero-order valence-electron chi connectivity index (χ0n) is 16.4. The summed E-state index contributed by atoms with van der Waals surface area (Å²) in [4.78, 5) is 21.8. The molecule has 0 saturated heterocycles. The first-order valence-electron chi connectivity index (χ1n) is 10.2. The van der Waals surface area contributed by atoms with Crippen LogP contribution in [0.25, 0.3) is 17.1 Å². The van der Waals surface area contributed by atoms with E-state index in [1.165, 1.54) is 11.4 Å². The molecule has 0 radical (unpaired) electrons. The van der Waals surface area contributed by atoms with E-state index in [0.717, 1.165) is 36.3 Å². The molecule has 28 heavy (non-hydrogen) atoms. The molecule has 1 fully saturated rings. The summed E-state index contributed by atoms with van der Waals surface area (Å²) in [5.41, 5.74) is 4.68. The van der Waals surface area contributed by atoms with Crippen molar-refractivity contribution in [3.63, 3.8) is 0 Å². The van der Waals surface area contributed by atoms with Gasteiger partial charge in [0.05, 0.1) is 5.69 Å². The maximum atomic E-state index is 12.4. The monoisotopic (exact) mass is 371 g/mol. The number of fused-ring (bicyclic) bond motifs is 3. The lowest BCUT2D eigenvalue weighted by Crippen LogP contribution is -2.47. The van der Waals surface area contributed by atoms with E-state index >= 15 is 0 Å². The molecule has 142 valence electrons. The van der Waals surface area contributed by atoms with E-state index in [2.05, 4.69) is 47.7 Å². The van der Waals surface area contributed by atoms with Gasteiger partial charge in [-0.3, -0.25) is 14.3 Å². The second-order valence-electron chi connectivity index (χ2n) is 8.46. The highest BCUT2D eigenvalue weighted by atomic mass is 16.1. The first kappa shape index (κ1) is 17.4. The molecule has 4 heteroatoms. The molecule has 0 bridgehead atoms. The number of para-hydroxylation sites is 1. The number of ketones is 1. The zero-order valence-corrected chi connectivity index (χ0v) is 16.4. The summed E-state index contributed by atoms with van der Waals surface area (Å²) in [6, 6.07) is 14.5. The fourth-order valence-electron chi connectivity index (χ4n) is 5.42. The Bertz CT molecular complexity index is 1020. The van der Waals surface area contributed by atoms with Gasteiger partial charge in [-0.15, -0.1) is 0 Å². The van der Waals surface area contributed by atoms with Gasteiger partial charge in [0.25, 0.3) is 0 Å². The van der Waals surface area contributed by atoms with E-state index in [9.17, 15) is 4.79 Å². The van der Waals surface area contributed by atoms with Gasteiger partial charge in [0.15, 0.2) is 0 Å². The Morgan fingerprint density at radius 2 is 1.82 bits per heavy atom. The fourth-order valence-corrected chi connectivity index (χ4v) is 5.42. The van der Waals surface area contributed by atoms with Crippen LogP contribution in [-0.2, 0) is 16.6 Å². The van der Waals surface area contributed by atoms with Gasteiger partial charge in [-0.05, 0) is 49.4 Å². The average molecular weight is 371 g/mol. The first-order valence-corrected chi connectivity index (χ1v) is 10.2. The molecule has 5 rings (SSSR count). The standard InChI is InChI=1S/C24H25N3O/c1-16-19-8-9-20-22(24(19,2)13-10-21(16)28)26-23(17-11-14-25-15-12-17)27(20)18-6-4-3-5-7-18/h3-7,11-12,14-16,19H,8-10,13H2,1-2H3/t16-,19-,24-/m0/s1. The number of imidazole rings is 1. The van der Waals surface area contributed by atoms with Crippen molar-refractivity contribution in [1.29, 1.82) is 0 Å². The van der Waals surface area contributed by atoms with E-state index in [0.29, 0.717) is 18.1 Å². The van der Waals surface area contributed by atoms with Gasteiger partial charge >= 0.3 is 0 Å². The van der Waals surface area contributed by atoms with Crippen LogP contribution < -0.4 is 0 Å². The van der Waals surface area contributed by atoms with Crippen LogP contribution in [0, 0.1) is 11.8 Å². The maximum absolute atomic E-state index is 12.4. The lowest BCUT2D eigenvalue weighted by Gasteiger charge is -2.46. The number of aromatic nitrogens is 3. The molecule has 0 spiro atoms. The predicted octanol–water partition coefficient (Wildman–Crippen LogP) is 4.75. The largest absolute Gasteiger partial charge is 0.299 e. The van der Waals surface area contributed by atoms with Crippen LogP contribution in [0.1, 0.15) is 44.5 Å². The number of carbonyl (C=O) groups is 1. The molecule has 2 aliphatic rings. The summed E-state index contributed by atoms with van der Waals surface area (Å²) in [6.07, 6.45) is 7.21. The highest BCUT2D eigenvalue weighted by molar-refractivity contribution is 5.82. The summed E-state index contributed by atoms with van der Waals surface area (Å²) in [5.74, 6) is 1.90. The third kappa shape index (κ3) is 2.47. The molecular formula is C24H25N3O. The molecule has 3 atom stereocenters. The molecular weight excluding hydrogens is 346 g/mol.